The van der Waals surface area contributed by atoms with Crippen LogP contribution in [0.25, 0.3) is 0 Å². The van der Waals surface area contributed by atoms with Crippen molar-refractivity contribution in [1.82, 2.24) is 15.0 Å². The maximum absolute atomic E-state index is 10.3. The van der Waals surface area contributed by atoms with Gasteiger partial charge in [0.25, 0.3) is 0 Å². The summed E-state index contributed by atoms with van der Waals surface area (Å²) in [6.45, 7) is 2.28. The zero-order valence-corrected chi connectivity index (χ0v) is 8.63. The molecule has 1 heterocycles. The number of aliphatic hydroxyl groups is 1. The molecule has 0 aliphatic heterocycles. The number of aliphatic hydroxyl groups excluding tert-OH is 1. The number of nitrogens with zero attached hydrogens (tertiary/aromatic N) is 3. The first-order chi connectivity index (χ1) is 7.11. The highest BCUT2D eigenvalue weighted by molar-refractivity contribution is 5.66. The van der Waals surface area contributed by atoms with Crippen LogP contribution in [0.1, 0.15) is 25.5 Å². The second-order valence-electron chi connectivity index (χ2n) is 3.39. The molecule has 1 atom stereocenters. The molecule has 1 unspecified atom stereocenters. The maximum Gasteiger partial charge on any atom is 0.303 e. The van der Waals surface area contributed by atoms with Crippen LogP contribution in [0.3, 0.4) is 0 Å². The minimum Gasteiger partial charge on any atom is -0.481 e. The Labute approximate surface area is 87.5 Å². The van der Waals surface area contributed by atoms with Gasteiger partial charge in [-0.15, -0.1) is 5.10 Å². The molecule has 0 bridgehead atoms. The first-order valence-corrected chi connectivity index (χ1v) is 4.90. The van der Waals surface area contributed by atoms with Crippen LogP contribution in [0.4, 0.5) is 0 Å². The van der Waals surface area contributed by atoms with Crippen LogP contribution in [-0.4, -0.2) is 37.3 Å². The van der Waals surface area contributed by atoms with Gasteiger partial charge in [0.1, 0.15) is 0 Å². The van der Waals surface area contributed by atoms with Crippen molar-refractivity contribution in [2.45, 2.75) is 38.8 Å². The van der Waals surface area contributed by atoms with E-state index in [4.69, 9.17) is 5.11 Å². The predicted molar refractivity (Wildman–Crippen MR) is 52.3 cm³/mol. The molecule has 0 saturated carbocycles. The van der Waals surface area contributed by atoms with E-state index in [1.165, 1.54) is 4.68 Å². The number of aromatic nitrogens is 3. The van der Waals surface area contributed by atoms with E-state index < -0.39 is 12.1 Å². The molecule has 0 saturated heterocycles. The Morgan fingerprint density at radius 1 is 1.67 bits per heavy atom. The average Bonchev–Trinajstić information content (AvgIpc) is 2.62. The van der Waals surface area contributed by atoms with Crippen molar-refractivity contribution in [1.29, 1.82) is 0 Å². The summed E-state index contributed by atoms with van der Waals surface area (Å²) in [4.78, 5) is 10.3. The van der Waals surface area contributed by atoms with Crippen molar-refractivity contribution < 1.29 is 15.0 Å². The van der Waals surface area contributed by atoms with Crippen LogP contribution in [-0.2, 0) is 17.8 Å². The molecule has 0 aliphatic rings. The SMILES string of the molecule is CCC(O)Cn1cc(CCC(=O)O)nn1. The molecule has 84 valence electrons. The van der Waals surface area contributed by atoms with Crippen molar-refractivity contribution in [2.24, 2.45) is 0 Å². The van der Waals surface area contributed by atoms with Crippen LogP contribution in [0.2, 0.25) is 0 Å². The molecular formula is C9H15N3O3. The lowest BCUT2D eigenvalue weighted by atomic mass is 10.2. The van der Waals surface area contributed by atoms with Gasteiger partial charge < -0.3 is 10.2 Å². The van der Waals surface area contributed by atoms with Crippen LogP contribution < -0.4 is 0 Å². The van der Waals surface area contributed by atoms with E-state index in [2.05, 4.69) is 10.3 Å². The topological polar surface area (TPSA) is 88.2 Å². The number of aryl methyl sites for hydroxylation is 1. The number of carboxylic acid groups (broad SMARTS) is 1. The van der Waals surface area contributed by atoms with Crippen molar-refractivity contribution >= 4 is 5.97 Å². The molecule has 0 radical (unpaired) electrons. The lowest BCUT2D eigenvalue weighted by Gasteiger charge is -2.05. The van der Waals surface area contributed by atoms with Gasteiger partial charge in [-0.1, -0.05) is 12.1 Å². The number of carboxylic acids is 1. The van der Waals surface area contributed by atoms with Crippen molar-refractivity contribution in [2.75, 3.05) is 0 Å². The minimum absolute atomic E-state index is 0.0506. The van der Waals surface area contributed by atoms with Gasteiger partial charge in [-0.05, 0) is 6.42 Å². The fraction of sp³-hybridized carbons (Fsp3) is 0.667. The molecule has 0 spiro atoms. The predicted octanol–water partition coefficient (Wildman–Crippen LogP) is 0.0662. The monoisotopic (exact) mass is 213 g/mol. The summed E-state index contributed by atoms with van der Waals surface area (Å²) in [5.41, 5.74) is 0.640. The van der Waals surface area contributed by atoms with Gasteiger partial charge >= 0.3 is 5.97 Å². The maximum atomic E-state index is 10.3. The fourth-order valence-electron chi connectivity index (χ4n) is 1.12. The van der Waals surface area contributed by atoms with E-state index in [1.807, 2.05) is 6.92 Å². The zero-order chi connectivity index (χ0) is 11.3. The Balaban J connectivity index is 2.45. The molecule has 6 heteroatoms. The van der Waals surface area contributed by atoms with Gasteiger partial charge in [0.2, 0.25) is 0 Å². The summed E-state index contributed by atoms with van der Waals surface area (Å²) in [5, 5.41) is 25.4. The Bertz CT molecular complexity index is 324. The molecule has 0 amide bonds. The molecule has 2 N–H and O–H groups in total. The third kappa shape index (κ3) is 4.07. The van der Waals surface area contributed by atoms with Crippen molar-refractivity contribution in [3.05, 3.63) is 11.9 Å². The Morgan fingerprint density at radius 2 is 2.40 bits per heavy atom. The third-order valence-electron chi connectivity index (χ3n) is 2.05. The van der Waals surface area contributed by atoms with Gasteiger partial charge in [0.05, 0.1) is 24.8 Å². The quantitative estimate of drug-likeness (QED) is 0.698. The number of aliphatic carboxylic acids is 1. The zero-order valence-electron chi connectivity index (χ0n) is 8.63. The largest absolute Gasteiger partial charge is 0.481 e. The highest BCUT2D eigenvalue weighted by atomic mass is 16.4. The van der Waals surface area contributed by atoms with Gasteiger partial charge in [-0.3, -0.25) is 4.79 Å². The first kappa shape index (κ1) is 11.6. The number of rotatable bonds is 6. The number of carbonyl (C=O) groups is 1. The molecule has 1 aromatic rings. The van der Waals surface area contributed by atoms with Crippen LogP contribution >= 0.6 is 0 Å². The molecular weight excluding hydrogens is 198 g/mol. The standard InChI is InChI=1S/C9H15N3O3/c1-2-8(13)6-12-5-7(10-11-12)3-4-9(14)15/h5,8,13H,2-4,6H2,1H3,(H,14,15). The van der Waals surface area contributed by atoms with Crippen LogP contribution in [0.15, 0.2) is 6.20 Å². The van der Waals surface area contributed by atoms with E-state index in [-0.39, 0.29) is 6.42 Å². The highest BCUT2D eigenvalue weighted by Gasteiger charge is 2.06. The van der Waals surface area contributed by atoms with Crippen LogP contribution in [0.5, 0.6) is 0 Å². The molecule has 1 aromatic heterocycles. The molecule has 6 nitrogen and oxygen atoms in total. The number of hydrogen-bond donors (Lipinski definition) is 2. The Hall–Kier alpha value is -1.43. The lowest BCUT2D eigenvalue weighted by molar-refractivity contribution is -0.136. The highest BCUT2D eigenvalue weighted by Crippen LogP contribution is 2.00. The summed E-state index contributed by atoms with van der Waals surface area (Å²) in [7, 11) is 0. The second kappa shape index (κ2) is 5.45. The summed E-state index contributed by atoms with van der Waals surface area (Å²) in [6.07, 6.45) is 2.32. The van der Waals surface area contributed by atoms with Gasteiger partial charge in [0, 0.05) is 12.6 Å². The average molecular weight is 213 g/mol. The summed E-state index contributed by atoms with van der Waals surface area (Å²) < 4.78 is 1.53. The van der Waals surface area contributed by atoms with E-state index >= 15 is 0 Å². The van der Waals surface area contributed by atoms with Gasteiger partial charge in [0.15, 0.2) is 0 Å². The van der Waals surface area contributed by atoms with E-state index in [1.54, 1.807) is 6.20 Å². The Kier molecular flexibility index (Phi) is 4.23. The van der Waals surface area contributed by atoms with Crippen molar-refractivity contribution in [3.8, 4) is 0 Å². The molecule has 0 aromatic carbocycles. The Morgan fingerprint density at radius 3 is 3.00 bits per heavy atom. The first-order valence-electron chi connectivity index (χ1n) is 4.90. The minimum atomic E-state index is -0.849. The molecule has 15 heavy (non-hydrogen) atoms. The summed E-state index contributed by atoms with van der Waals surface area (Å²) in [5.74, 6) is -0.849. The van der Waals surface area contributed by atoms with Crippen LogP contribution in [0, 0.1) is 0 Å². The summed E-state index contributed by atoms with van der Waals surface area (Å²) >= 11 is 0. The molecule has 0 fully saturated rings. The fourth-order valence-corrected chi connectivity index (χ4v) is 1.12. The normalized spacial score (nSPS) is 12.7. The van der Waals surface area contributed by atoms with Gasteiger partial charge in [-0.25, -0.2) is 4.68 Å². The van der Waals surface area contributed by atoms with Gasteiger partial charge in [-0.2, -0.15) is 0 Å². The molecule has 1 rings (SSSR count). The van der Waals surface area contributed by atoms with E-state index in [0.29, 0.717) is 25.1 Å². The summed E-state index contributed by atoms with van der Waals surface area (Å²) in [6, 6.07) is 0. The van der Waals surface area contributed by atoms with Crippen molar-refractivity contribution in [3.63, 3.8) is 0 Å². The lowest BCUT2D eigenvalue weighted by Crippen LogP contribution is -2.15. The van der Waals surface area contributed by atoms with E-state index in [0.717, 1.165) is 0 Å². The molecule has 0 aliphatic carbocycles. The van der Waals surface area contributed by atoms with E-state index in [9.17, 15) is 9.90 Å². The smallest absolute Gasteiger partial charge is 0.303 e. The number of hydrogen-bond acceptors (Lipinski definition) is 4. The third-order valence-corrected chi connectivity index (χ3v) is 2.05. The second-order valence-corrected chi connectivity index (χ2v) is 3.39.